The van der Waals surface area contributed by atoms with Crippen molar-refractivity contribution in [1.82, 2.24) is 0 Å². The number of hydrogen-bond acceptors (Lipinski definition) is 7. The lowest BCUT2D eigenvalue weighted by molar-refractivity contribution is -0.118. The summed E-state index contributed by atoms with van der Waals surface area (Å²) >= 11 is 1.31. The van der Waals surface area contributed by atoms with Crippen molar-refractivity contribution in [1.29, 1.82) is 5.26 Å². The average Bonchev–Trinajstić information content (AvgIpc) is 2.94. The zero-order valence-corrected chi connectivity index (χ0v) is 17.1. The fourth-order valence-corrected chi connectivity index (χ4v) is 3.50. The van der Waals surface area contributed by atoms with Gasteiger partial charge in [0.25, 0.3) is 5.91 Å². The number of esters is 1. The fourth-order valence-electron chi connectivity index (χ4n) is 2.44. The molecule has 2 rings (SSSR count). The number of hydrogen-bond donors (Lipinski definition) is 1. The molecule has 1 N–H and O–H groups in total. The average molecular weight is 402 g/mol. The predicted molar refractivity (Wildman–Crippen MR) is 106 cm³/mol. The van der Waals surface area contributed by atoms with Crippen molar-refractivity contribution < 1.29 is 23.8 Å². The maximum Gasteiger partial charge on any atom is 0.341 e. The molecule has 0 aliphatic carbocycles. The van der Waals surface area contributed by atoms with Crippen LogP contribution in [0.4, 0.5) is 5.00 Å². The normalized spacial score (nSPS) is 10.1. The summed E-state index contributed by atoms with van der Waals surface area (Å²) in [5.41, 5.74) is 1.58. The molecule has 1 aromatic carbocycles. The minimum absolute atomic E-state index is 0.253. The molecule has 1 amide bonds. The second-order valence-corrected chi connectivity index (χ2v) is 6.98. The maximum atomic E-state index is 12.4. The van der Waals surface area contributed by atoms with E-state index in [4.69, 9.17) is 19.5 Å². The fraction of sp³-hybridized carbons (Fsp3) is 0.350. The van der Waals surface area contributed by atoms with Crippen molar-refractivity contribution in [2.75, 3.05) is 25.1 Å². The minimum atomic E-state index is -0.466. The molecule has 0 saturated heterocycles. The van der Waals surface area contributed by atoms with Gasteiger partial charge in [-0.05, 0) is 45.4 Å². The van der Waals surface area contributed by atoms with Crippen LogP contribution >= 0.6 is 11.3 Å². The first kappa shape index (κ1) is 21.3. The highest BCUT2D eigenvalue weighted by molar-refractivity contribution is 7.16. The van der Waals surface area contributed by atoms with Crippen LogP contribution in [0.25, 0.3) is 0 Å². The highest BCUT2D eigenvalue weighted by Gasteiger charge is 2.22. The number of amides is 1. The minimum Gasteiger partial charge on any atom is -0.490 e. The summed E-state index contributed by atoms with van der Waals surface area (Å²) in [5.74, 6) is -0.130. The lowest BCUT2D eigenvalue weighted by Gasteiger charge is -2.12. The van der Waals surface area contributed by atoms with E-state index < -0.39 is 11.9 Å². The van der Waals surface area contributed by atoms with E-state index in [0.717, 1.165) is 10.4 Å². The highest BCUT2D eigenvalue weighted by atomic mass is 32.1. The predicted octanol–water partition coefficient (Wildman–Crippen LogP) is 3.83. The van der Waals surface area contributed by atoms with Gasteiger partial charge in [-0.3, -0.25) is 4.79 Å². The van der Waals surface area contributed by atoms with Gasteiger partial charge in [-0.15, -0.1) is 11.3 Å². The van der Waals surface area contributed by atoms with Crippen molar-refractivity contribution >= 4 is 28.2 Å². The molecule has 148 valence electrons. The number of benzene rings is 1. The maximum absolute atomic E-state index is 12.4. The zero-order chi connectivity index (χ0) is 20.7. The van der Waals surface area contributed by atoms with Crippen LogP contribution in [0.3, 0.4) is 0 Å². The number of nitrogens with one attached hydrogen (secondary N) is 1. The molecule has 0 aliphatic heterocycles. The summed E-state index contributed by atoms with van der Waals surface area (Å²) in [6.07, 6.45) is 0. The molecule has 0 bridgehead atoms. The standard InChI is InChI=1S/C20H22N2O5S/c1-5-25-16-9-14(10-21)7-8-15(16)27-11-17(23)22-19-18(20(24)26-6-2)12(3)13(4)28-19/h7-9H,5-6,11H2,1-4H3,(H,22,23). The summed E-state index contributed by atoms with van der Waals surface area (Å²) in [6, 6.07) is 6.75. The van der Waals surface area contributed by atoms with E-state index in [1.54, 1.807) is 25.1 Å². The Balaban J connectivity index is 2.11. The highest BCUT2D eigenvalue weighted by Crippen LogP contribution is 2.33. The number of rotatable bonds is 8. The molecule has 8 heteroatoms. The molecular formula is C20H22N2O5S. The van der Waals surface area contributed by atoms with E-state index in [1.165, 1.54) is 11.3 Å². The van der Waals surface area contributed by atoms with Crippen LogP contribution in [0, 0.1) is 25.2 Å². The topological polar surface area (TPSA) is 97.6 Å². The first-order valence-electron chi connectivity index (χ1n) is 8.77. The molecule has 7 nitrogen and oxygen atoms in total. The van der Waals surface area contributed by atoms with Gasteiger partial charge in [0.2, 0.25) is 0 Å². The summed E-state index contributed by atoms with van der Waals surface area (Å²) in [6.45, 7) is 7.61. The molecule has 0 unspecified atom stereocenters. The smallest absolute Gasteiger partial charge is 0.341 e. The second-order valence-electron chi connectivity index (χ2n) is 5.75. The lowest BCUT2D eigenvalue weighted by atomic mass is 10.1. The Morgan fingerprint density at radius 3 is 2.54 bits per heavy atom. The van der Waals surface area contributed by atoms with Gasteiger partial charge in [-0.25, -0.2) is 4.79 Å². The second kappa shape index (κ2) is 9.76. The third kappa shape index (κ3) is 5.02. The van der Waals surface area contributed by atoms with E-state index in [-0.39, 0.29) is 13.2 Å². The van der Waals surface area contributed by atoms with Gasteiger partial charge < -0.3 is 19.5 Å². The monoisotopic (exact) mass is 402 g/mol. The van der Waals surface area contributed by atoms with Gasteiger partial charge in [-0.2, -0.15) is 5.26 Å². The van der Waals surface area contributed by atoms with Crippen molar-refractivity contribution in [3.8, 4) is 17.6 Å². The molecule has 0 spiro atoms. The van der Waals surface area contributed by atoms with Gasteiger partial charge in [0.05, 0.1) is 30.4 Å². The largest absolute Gasteiger partial charge is 0.490 e. The summed E-state index contributed by atoms with van der Waals surface area (Å²) in [5, 5.41) is 12.1. The summed E-state index contributed by atoms with van der Waals surface area (Å²) in [4.78, 5) is 25.5. The summed E-state index contributed by atoms with van der Waals surface area (Å²) < 4.78 is 16.1. The molecule has 0 aliphatic rings. The zero-order valence-electron chi connectivity index (χ0n) is 16.3. The SMILES string of the molecule is CCOC(=O)c1c(NC(=O)COc2ccc(C#N)cc2OCC)sc(C)c1C. The van der Waals surface area contributed by atoms with Crippen molar-refractivity contribution in [3.63, 3.8) is 0 Å². The number of nitriles is 1. The number of ether oxygens (including phenoxy) is 3. The van der Waals surface area contributed by atoms with Crippen molar-refractivity contribution in [2.24, 2.45) is 0 Å². The molecule has 0 fully saturated rings. The van der Waals surface area contributed by atoms with E-state index in [0.29, 0.717) is 34.2 Å². The van der Waals surface area contributed by atoms with E-state index in [2.05, 4.69) is 5.32 Å². The quantitative estimate of drug-likeness (QED) is 0.674. The molecule has 2 aromatic rings. The number of aryl methyl sites for hydroxylation is 1. The number of anilines is 1. The van der Waals surface area contributed by atoms with Crippen LogP contribution in [0.2, 0.25) is 0 Å². The Kier molecular flexibility index (Phi) is 7.41. The van der Waals surface area contributed by atoms with Gasteiger partial charge in [0.15, 0.2) is 18.1 Å². The van der Waals surface area contributed by atoms with Crippen LogP contribution in [0.1, 0.15) is 40.2 Å². The molecule has 0 radical (unpaired) electrons. The molecule has 1 aromatic heterocycles. The van der Waals surface area contributed by atoms with Crippen LogP contribution in [-0.2, 0) is 9.53 Å². The third-order valence-electron chi connectivity index (χ3n) is 3.85. The number of carbonyl (C=O) groups is 2. The van der Waals surface area contributed by atoms with Gasteiger partial charge >= 0.3 is 5.97 Å². The Bertz CT molecular complexity index is 914. The van der Waals surface area contributed by atoms with Crippen molar-refractivity contribution in [2.45, 2.75) is 27.7 Å². The molecule has 1 heterocycles. The van der Waals surface area contributed by atoms with E-state index >= 15 is 0 Å². The Hall–Kier alpha value is -3.05. The van der Waals surface area contributed by atoms with Crippen LogP contribution < -0.4 is 14.8 Å². The number of nitrogens with zero attached hydrogens (tertiary/aromatic N) is 1. The Morgan fingerprint density at radius 1 is 1.14 bits per heavy atom. The van der Waals surface area contributed by atoms with Crippen LogP contribution in [0.5, 0.6) is 11.5 Å². The molecule has 0 atom stereocenters. The Morgan fingerprint density at radius 2 is 1.89 bits per heavy atom. The number of thiophene rings is 1. The van der Waals surface area contributed by atoms with E-state index in [1.807, 2.05) is 26.8 Å². The Labute approximate surface area is 167 Å². The number of carbonyl (C=O) groups excluding carboxylic acids is 2. The molecular weight excluding hydrogens is 380 g/mol. The first-order valence-corrected chi connectivity index (χ1v) is 9.59. The van der Waals surface area contributed by atoms with Gasteiger partial charge in [0.1, 0.15) is 5.00 Å². The van der Waals surface area contributed by atoms with E-state index in [9.17, 15) is 9.59 Å². The summed E-state index contributed by atoms with van der Waals surface area (Å²) in [7, 11) is 0. The van der Waals surface area contributed by atoms with Gasteiger partial charge in [0, 0.05) is 10.9 Å². The van der Waals surface area contributed by atoms with Crippen molar-refractivity contribution in [3.05, 3.63) is 39.8 Å². The molecule has 0 saturated carbocycles. The van der Waals surface area contributed by atoms with Gasteiger partial charge in [-0.1, -0.05) is 0 Å². The van der Waals surface area contributed by atoms with Crippen LogP contribution in [0.15, 0.2) is 18.2 Å². The molecule has 28 heavy (non-hydrogen) atoms. The first-order chi connectivity index (χ1) is 13.4. The lowest BCUT2D eigenvalue weighted by Crippen LogP contribution is -2.21. The third-order valence-corrected chi connectivity index (χ3v) is 4.97. The van der Waals surface area contributed by atoms with Crippen LogP contribution in [-0.4, -0.2) is 31.7 Å².